The lowest BCUT2D eigenvalue weighted by Gasteiger charge is -2.09. The number of nitrogens with zero attached hydrogens (tertiary/aromatic N) is 4. The zero-order valence-electron chi connectivity index (χ0n) is 18.5. The third-order valence-electron chi connectivity index (χ3n) is 4.99. The summed E-state index contributed by atoms with van der Waals surface area (Å²) in [5.41, 5.74) is 2.26. The number of carbonyl (C=O) groups is 1. The Morgan fingerprint density at radius 1 is 1.14 bits per heavy atom. The molecule has 3 aromatic heterocycles. The molecule has 2 N–H and O–H groups in total. The van der Waals surface area contributed by atoms with Crippen molar-refractivity contribution >= 4 is 74.5 Å². The number of hydrogen-bond acceptors (Lipinski definition) is 7. The second-order valence-corrected chi connectivity index (χ2v) is 9.66. The van der Waals surface area contributed by atoms with E-state index in [0.717, 1.165) is 21.4 Å². The van der Waals surface area contributed by atoms with Crippen LogP contribution in [0.15, 0.2) is 65.1 Å². The molecular weight excluding hydrogens is 539 g/mol. The molecule has 5 aromatic rings. The molecule has 1 amide bonds. The summed E-state index contributed by atoms with van der Waals surface area (Å²) in [4.78, 5) is 13.1. The van der Waals surface area contributed by atoms with Crippen molar-refractivity contribution in [3.8, 4) is 21.9 Å². The molecule has 3 heterocycles. The molecule has 0 aliphatic rings. The SMILES string of the molecule is Cc1nnc2sc(-c3cccc(NC(=S)NC(=O)C=Cc4ccc(-c5cccc(Cl)c5Cl)o4)c3)nn12. The van der Waals surface area contributed by atoms with E-state index in [1.54, 1.807) is 34.8 Å². The Kier molecular flexibility index (Phi) is 6.84. The van der Waals surface area contributed by atoms with E-state index >= 15 is 0 Å². The van der Waals surface area contributed by atoms with Gasteiger partial charge in [0.25, 0.3) is 0 Å². The molecule has 0 atom stereocenters. The monoisotopic (exact) mass is 554 g/mol. The van der Waals surface area contributed by atoms with Crippen LogP contribution in [0.1, 0.15) is 11.6 Å². The molecule has 0 spiro atoms. The highest BCUT2D eigenvalue weighted by molar-refractivity contribution is 7.80. The lowest BCUT2D eigenvalue weighted by Crippen LogP contribution is -2.32. The Hall–Kier alpha value is -3.57. The molecule has 2 aromatic carbocycles. The van der Waals surface area contributed by atoms with Crippen LogP contribution in [0.3, 0.4) is 0 Å². The molecule has 0 radical (unpaired) electrons. The van der Waals surface area contributed by atoms with Crippen LogP contribution in [-0.2, 0) is 4.79 Å². The molecule has 12 heteroatoms. The Balaban J connectivity index is 1.21. The first-order valence-corrected chi connectivity index (χ1v) is 12.5. The third-order valence-corrected chi connectivity index (χ3v) is 6.96. The number of rotatable bonds is 5. The van der Waals surface area contributed by atoms with Crippen molar-refractivity contribution < 1.29 is 9.21 Å². The van der Waals surface area contributed by atoms with E-state index < -0.39 is 5.91 Å². The summed E-state index contributed by atoms with van der Waals surface area (Å²) < 4.78 is 7.46. The summed E-state index contributed by atoms with van der Waals surface area (Å²) in [7, 11) is 0. The number of fused-ring (bicyclic) bond motifs is 1. The number of amides is 1. The lowest BCUT2D eigenvalue weighted by atomic mass is 10.2. The van der Waals surface area contributed by atoms with Gasteiger partial charge >= 0.3 is 0 Å². The van der Waals surface area contributed by atoms with Gasteiger partial charge in [-0.15, -0.1) is 10.2 Å². The van der Waals surface area contributed by atoms with Gasteiger partial charge < -0.3 is 9.73 Å². The van der Waals surface area contributed by atoms with Gasteiger partial charge in [-0.05, 0) is 61.6 Å². The molecule has 0 bridgehead atoms. The van der Waals surface area contributed by atoms with E-state index in [1.165, 1.54) is 23.5 Å². The van der Waals surface area contributed by atoms with Crippen molar-refractivity contribution in [2.45, 2.75) is 6.92 Å². The van der Waals surface area contributed by atoms with Gasteiger partial charge in [0.2, 0.25) is 10.9 Å². The summed E-state index contributed by atoms with van der Waals surface area (Å²) in [6, 6.07) is 16.3. The van der Waals surface area contributed by atoms with E-state index in [1.807, 2.05) is 31.2 Å². The molecule has 5 rings (SSSR count). The number of nitrogens with one attached hydrogen (secondary N) is 2. The average molecular weight is 555 g/mol. The molecule has 8 nitrogen and oxygen atoms in total. The summed E-state index contributed by atoms with van der Waals surface area (Å²) >= 11 is 19.0. The zero-order valence-corrected chi connectivity index (χ0v) is 21.7. The number of aryl methyl sites for hydroxylation is 1. The van der Waals surface area contributed by atoms with E-state index in [9.17, 15) is 4.79 Å². The topological polar surface area (TPSA) is 97.3 Å². The maximum absolute atomic E-state index is 12.4. The summed E-state index contributed by atoms with van der Waals surface area (Å²) in [6.07, 6.45) is 2.87. The lowest BCUT2D eigenvalue weighted by molar-refractivity contribution is -0.115. The molecule has 0 fully saturated rings. The van der Waals surface area contributed by atoms with Crippen LogP contribution in [0.4, 0.5) is 5.69 Å². The minimum absolute atomic E-state index is 0.154. The fourth-order valence-electron chi connectivity index (χ4n) is 3.32. The van der Waals surface area contributed by atoms with Gasteiger partial charge in [0.1, 0.15) is 16.5 Å². The fraction of sp³-hybridized carbons (Fsp3) is 0.0417. The van der Waals surface area contributed by atoms with Gasteiger partial charge in [-0.3, -0.25) is 10.1 Å². The van der Waals surface area contributed by atoms with E-state index in [2.05, 4.69) is 25.9 Å². The molecule has 0 saturated heterocycles. The predicted octanol–water partition coefficient (Wildman–Crippen LogP) is 6.25. The smallest absolute Gasteiger partial charge is 0.250 e. The minimum Gasteiger partial charge on any atom is -0.457 e. The molecule has 0 aliphatic carbocycles. The first-order valence-electron chi connectivity index (χ1n) is 10.5. The van der Waals surface area contributed by atoms with Crippen LogP contribution >= 0.6 is 46.8 Å². The van der Waals surface area contributed by atoms with E-state index in [4.69, 9.17) is 39.8 Å². The van der Waals surface area contributed by atoms with Crippen molar-refractivity contribution in [3.05, 3.63) is 82.3 Å². The number of carbonyl (C=O) groups excluding carboxylic acids is 1. The molecular formula is C24H16Cl2N6O2S2. The summed E-state index contributed by atoms with van der Waals surface area (Å²) in [5, 5.41) is 20.0. The van der Waals surface area contributed by atoms with Crippen molar-refractivity contribution in [3.63, 3.8) is 0 Å². The first-order chi connectivity index (χ1) is 17.4. The largest absolute Gasteiger partial charge is 0.457 e. The highest BCUT2D eigenvalue weighted by Crippen LogP contribution is 2.34. The van der Waals surface area contributed by atoms with Crippen molar-refractivity contribution in [1.29, 1.82) is 0 Å². The van der Waals surface area contributed by atoms with Gasteiger partial charge in [0.15, 0.2) is 10.9 Å². The van der Waals surface area contributed by atoms with Crippen LogP contribution in [0, 0.1) is 6.92 Å². The zero-order chi connectivity index (χ0) is 25.2. The average Bonchev–Trinajstić information content (AvgIpc) is 3.57. The summed E-state index contributed by atoms with van der Waals surface area (Å²) in [5.74, 6) is 1.33. The van der Waals surface area contributed by atoms with Gasteiger partial charge in [0, 0.05) is 22.9 Å². The van der Waals surface area contributed by atoms with Crippen molar-refractivity contribution in [2.75, 3.05) is 5.32 Å². The number of anilines is 1. The van der Waals surface area contributed by atoms with Crippen molar-refractivity contribution in [2.24, 2.45) is 0 Å². The van der Waals surface area contributed by atoms with Crippen LogP contribution in [-0.4, -0.2) is 30.8 Å². The number of hydrogen-bond donors (Lipinski definition) is 2. The Morgan fingerprint density at radius 3 is 2.81 bits per heavy atom. The molecule has 0 aliphatic heterocycles. The van der Waals surface area contributed by atoms with Crippen LogP contribution in [0.25, 0.3) is 32.9 Å². The number of aromatic nitrogens is 4. The number of halogens is 2. The van der Waals surface area contributed by atoms with Crippen LogP contribution in [0.5, 0.6) is 0 Å². The Morgan fingerprint density at radius 2 is 1.97 bits per heavy atom. The number of thiocarbonyl (C=S) groups is 1. The standard InChI is InChI=1S/C24H16Cl2N6O2S2/c1-13-29-30-24-32(13)31-22(36-24)14-4-2-5-15(12-14)27-23(35)28-20(33)11-9-16-8-10-19(34-16)17-6-3-7-18(25)21(17)26/h2-12H,1H3,(H2,27,28,33,35). The Labute approximate surface area is 224 Å². The van der Waals surface area contributed by atoms with Gasteiger partial charge in [0.05, 0.1) is 10.0 Å². The van der Waals surface area contributed by atoms with Gasteiger partial charge in [-0.25, -0.2) is 0 Å². The normalized spacial score (nSPS) is 11.3. The first kappa shape index (κ1) is 24.1. The van der Waals surface area contributed by atoms with Crippen molar-refractivity contribution in [1.82, 2.24) is 25.1 Å². The Bertz CT molecular complexity index is 1640. The minimum atomic E-state index is -0.411. The molecule has 0 unspecified atom stereocenters. The van der Waals surface area contributed by atoms with E-state index in [0.29, 0.717) is 32.8 Å². The fourth-order valence-corrected chi connectivity index (χ4v) is 4.81. The van der Waals surface area contributed by atoms with Gasteiger partial charge in [-0.1, -0.05) is 52.7 Å². The van der Waals surface area contributed by atoms with Crippen LogP contribution < -0.4 is 10.6 Å². The predicted molar refractivity (Wildman–Crippen MR) is 146 cm³/mol. The molecule has 180 valence electrons. The highest BCUT2D eigenvalue weighted by atomic mass is 35.5. The quantitative estimate of drug-likeness (QED) is 0.195. The second kappa shape index (κ2) is 10.2. The summed E-state index contributed by atoms with van der Waals surface area (Å²) in [6.45, 7) is 1.84. The second-order valence-electron chi connectivity index (χ2n) is 7.51. The molecule has 36 heavy (non-hydrogen) atoms. The third kappa shape index (κ3) is 5.17. The maximum Gasteiger partial charge on any atom is 0.250 e. The number of benzene rings is 2. The van der Waals surface area contributed by atoms with Crippen LogP contribution in [0.2, 0.25) is 10.0 Å². The number of furan rings is 1. The van der Waals surface area contributed by atoms with Gasteiger partial charge in [-0.2, -0.15) is 9.61 Å². The highest BCUT2D eigenvalue weighted by Gasteiger charge is 2.12. The maximum atomic E-state index is 12.4. The van der Waals surface area contributed by atoms with E-state index in [-0.39, 0.29) is 5.11 Å². The molecule has 0 saturated carbocycles.